The number of nitro groups is 1. The molecular formula is C6H6N4O7S2. The summed E-state index contributed by atoms with van der Waals surface area (Å²) in [4.78, 5) is 10.4. The normalized spacial score (nSPS) is 12.5. The van der Waals surface area contributed by atoms with Crippen molar-refractivity contribution in [2.45, 2.75) is 0 Å². The molecule has 1 aromatic carbocycles. The van der Waals surface area contributed by atoms with Gasteiger partial charge in [0.15, 0.2) is 9.75 Å². The quantitative estimate of drug-likeness (QED) is 0.269. The largest absolute Gasteiger partial charge is 0.439 e. The third-order valence-electron chi connectivity index (χ3n) is 1.60. The topological polar surface area (TPSA) is 160 Å². The zero-order chi connectivity index (χ0) is 14.7. The van der Waals surface area contributed by atoms with Gasteiger partial charge in [-0.1, -0.05) is 18.2 Å². The minimum atomic E-state index is -5.75. The van der Waals surface area contributed by atoms with Crippen LogP contribution in [0, 0.1) is 10.1 Å². The first-order valence-electron chi connectivity index (χ1n) is 4.30. The van der Waals surface area contributed by atoms with Crippen molar-refractivity contribution >= 4 is 23.9 Å². The van der Waals surface area contributed by atoms with Gasteiger partial charge in [0.2, 0.25) is 0 Å². The Hall–Kier alpha value is -2.12. The van der Waals surface area contributed by atoms with Gasteiger partial charge in [-0.25, -0.2) is 0 Å². The van der Waals surface area contributed by atoms with Gasteiger partial charge in [0.1, 0.15) is 5.69 Å². The molecule has 0 fully saturated rings. The molecule has 0 radical (unpaired) electrons. The third kappa shape index (κ3) is 3.43. The zero-order valence-corrected chi connectivity index (χ0v) is 10.5. The maximum Gasteiger partial charge on any atom is 0.439 e. The maximum absolute atomic E-state index is 11.1. The van der Waals surface area contributed by atoms with Crippen LogP contribution in [-0.4, -0.2) is 30.9 Å². The van der Waals surface area contributed by atoms with Crippen LogP contribution in [0.25, 0.3) is 0 Å². The Bertz CT molecular complexity index is 696. The first-order chi connectivity index (χ1) is 8.66. The second kappa shape index (κ2) is 5.25. The van der Waals surface area contributed by atoms with E-state index in [2.05, 4.69) is 10.3 Å². The summed E-state index contributed by atoms with van der Waals surface area (Å²) >= 11 is 0. The molecule has 1 N–H and O–H groups in total. The van der Waals surface area contributed by atoms with Crippen LogP contribution in [-0.2, 0) is 18.2 Å². The molecule has 11 nitrogen and oxygen atoms in total. The van der Waals surface area contributed by atoms with Gasteiger partial charge in [-0.05, 0) is 17.2 Å². The van der Waals surface area contributed by atoms with Gasteiger partial charge in [0.05, 0.1) is 5.03 Å². The fourth-order valence-electron chi connectivity index (χ4n) is 0.828. The molecule has 0 heterocycles. The lowest BCUT2D eigenvalue weighted by Crippen LogP contribution is -2.35. The van der Waals surface area contributed by atoms with Gasteiger partial charge in [-0.15, -0.1) is 0 Å². The molecule has 0 saturated heterocycles. The van der Waals surface area contributed by atoms with Gasteiger partial charge < -0.3 is 10.1 Å². The van der Waals surface area contributed by atoms with E-state index in [1.807, 2.05) is 0 Å². The van der Waals surface area contributed by atoms with Gasteiger partial charge in [0.25, 0.3) is 0 Å². The van der Waals surface area contributed by atoms with Crippen LogP contribution in [0.1, 0.15) is 0 Å². The van der Waals surface area contributed by atoms with E-state index in [4.69, 9.17) is 4.55 Å². The molecule has 0 amide bonds. The lowest BCUT2D eigenvalue weighted by atomic mass is 10.3. The average Bonchev–Trinajstić information content (AvgIpc) is 2.28. The number of hydrogen-bond donors (Lipinski definition) is 1. The van der Waals surface area contributed by atoms with Crippen molar-refractivity contribution in [2.24, 2.45) is 10.3 Å². The number of hydrazine groups is 1. The predicted octanol–water partition coefficient (Wildman–Crippen LogP) is 0.312. The van der Waals surface area contributed by atoms with E-state index in [0.717, 1.165) is 0 Å². The van der Waals surface area contributed by atoms with E-state index >= 15 is 0 Å². The summed E-state index contributed by atoms with van der Waals surface area (Å²) in [5.41, 5.74) is 0.0416. The SMILES string of the molecule is O=[N+]([O-])N(N=Nc1ccccc1)S(=O)(=O)S(=O)(=O)O. The smallest absolute Gasteiger partial charge is 0.338 e. The van der Waals surface area contributed by atoms with Crippen molar-refractivity contribution in [3.05, 3.63) is 40.4 Å². The summed E-state index contributed by atoms with van der Waals surface area (Å²) in [7, 11) is -11.5. The van der Waals surface area contributed by atoms with Crippen LogP contribution in [0.3, 0.4) is 0 Å². The Morgan fingerprint density at radius 1 is 1.16 bits per heavy atom. The van der Waals surface area contributed by atoms with E-state index < -0.39 is 27.8 Å². The number of rotatable bonds is 5. The van der Waals surface area contributed by atoms with Crippen LogP contribution in [0.4, 0.5) is 5.69 Å². The van der Waals surface area contributed by atoms with Crippen molar-refractivity contribution in [1.29, 1.82) is 0 Å². The highest BCUT2D eigenvalue weighted by molar-refractivity contribution is 8.63. The second-order valence-electron chi connectivity index (χ2n) is 2.87. The molecule has 1 rings (SSSR count). The Morgan fingerprint density at radius 3 is 2.11 bits per heavy atom. The van der Waals surface area contributed by atoms with Crippen LogP contribution in [0.15, 0.2) is 40.7 Å². The van der Waals surface area contributed by atoms with E-state index in [-0.39, 0.29) is 5.69 Å². The first-order valence-corrected chi connectivity index (χ1v) is 7.69. The molecule has 0 aliphatic carbocycles. The van der Waals surface area contributed by atoms with E-state index in [1.54, 1.807) is 6.07 Å². The van der Waals surface area contributed by atoms with Crippen molar-refractivity contribution in [2.75, 3.05) is 0 Å². The van der Waals surface area contributed by atoms with E-state index in [0.29, 0.717) is 0 Å². The summed E-state index contributed by atoms with van der Waals surface area (Å²) in [6.45, 7) is 0. The molecule has 0 aliphatic heterocycles. The molecule has 0 aromatic heterocycles. The summed E-state index contributed by atoms with van der Waals surface area (Å²) in [5, 5.41) is 14.6. The van der Waals surface area contributed by atoms with Crippen LogP contribution in [0.5, 0.6) is 0 Å². The fourth-order valence-corrected chi connectivity index (χ4v) is 2.04. The Balaban J connectivity index is 3.19. The Labute approximate surface area is 106 Å². The summed E-state index contributed by atoms with van der Waals surface area (Å²) in [5.74, 6) is 0. The molecule has 0 unspecified atom stereocenters. The highest BCUT2D eigenvalue weighted by Crippen LogP contribution is 2.15. The molecule has 104 valence electrons. The molecule has 0 spiro atoms. The molecule has 0 aliphatic rings. The lowest BCUT2D eigenvalue weighted by Gasteiger charge is -2.04. The van der Waals surface area contributed by atoms with Crippen LogP contribution in [0.2, 0.25) is 0 Å². The molecule has 13 heteroatoms. The van der Waals surface area contributed by atoms with Gasteiger partial charge in [-0.2, -0.15) is 16.8 Å². The summed E-state index contributed by atoms with van der Waals surface area (Å²) in [6.07, 6.45) is 0. The van der Waals surface area contributed by atoms with Crippen LogP contribution >= 0.6 is 0 Å². The molecular weight excluding hydrogens is 304 g/mol. The highest BCUT2D eigenvalue weighted by Gasteiger charge is 2.44. The minimum absolute atomic E-state index is 0.0416. The molecule has 0 atom stereocenters. The standard InChI is InChI=1S/C6H6N4O7S2/c11-10(12)9(18(13,14)19(15,16)17)8-7-6-4-2-1-3-5-6/h1-5H,(H,15,16,17). The van der Waals surface area contributed by atoms with Crippen molar-refractivity contribution < 1.29 is 26.4 Å². The van der Waals surface area contributed by atoms with Gasteiger partial charge in [-0.3, -0.25) is 4.55 Å². The van der Waals surface area contributed by atoms with Crippen LogP contribution < -0.4 is 0 Å². The fraction of sp³-hybridized carbons (Fsp3) is 0. The highest BCUT2D eigenvalue weighted by atomic mass is 33.2. The average molecular weight is 310 g/mol. The molecule has 0 saturated carbocycles. The van der Waals surface area contributed by atoms with Crippen molar-refractivity contribution in [3.8, 4) is 0 Å². The Morgan fingerprint density at radius 2 is 1.68 bits per heavy atom. The van der Waals surface area contributed by atoms with Gasteiger partial charge in [0, 0.05) is 0 Å². The summed E-state index contributed by atoms with van der Waals surface area (Å²) in [6, 6.07) is 7.24. The van der Waals surface area contributed by atoms with Crippen molar-refractivity contribution in [3.63, 3.8) is 0 Å². The van der Waals surface area contributed by atoms with Gasteiger partial charge >= 0.3 is 18.2 Å². The Kier molecular flexibility index (Phi) is 4.13. The molecule has 19 heavy (non-hydrogen) atoms. The first kappa shape index (κ1) is 14.9. The third-order valence-corrected chi connectivity index (χ3v) is 4.73. The van der Waals surface area contributed by atoms with E-state index in [1.165, 1.54) is 24.3 Å². The predicted molar refractivity (Wildman–Crippen MR) is 60.3 cm³/mol. The summed E-state index contributed by atoms with van der Waals surface area (Å²) < 4.78 is 50.6. The minimum Gasteiger partial charge on any atom is -0.338 e. The maximum atomic E-state index is 11.1. The number of benzene rings is 1. The second-order valence-corrected chi connectivity index (χ2v) is 7.44. The molecule has 0 bridgehead atoms. The monoisotopic (exact) mass is 310 g/mol. The molecule has 1 aromatic rings. The lowest BCUT2D eigenvalue weighted by molar-refractivity contribution is -0.622. The number of nitrogens with zero attached hydrogens (tertiary/aromatic N) is 4. The number of hydrogen-bond acceptors (Lipinski definition) is 8. The van der Waals surface area contributed by atoms with Crippen molar-refractivity contribution in [1.82, 2.24) is 4.52 Å². The van der Waals surface area contributed by atoms with E-state index in [9.17, 15) is 26.9 Å². The zero-order valence-electron chi connectivity index (χ0n) is 8.89.